The number of nitrogens with zero attached hydrogens (tertiary/aromatic N) is 5. The van der Waals surface area contributed by atoms with Gasteiger partial charge >= 0.3 is 142 Å². The third-order valence-electron chi connectivity index (χ3n) is 14.0. The molecular weight excluding hydrogens is 2330 g/mol. The minimum atomic E-state index is -1.02. The first kappa shape index (κ1) is 169. The number of rotatable bonds is 33. The van der Waals surface area contributed by atoms with Crippen molar-refractivity contribution in [3.8, 4) is 57.5 Å². The molecule has 0 aliphatic carbocycles. The van der Waals surface area contributed by atoms with Crippen molar-refractivity contribution in [2.24, 2.45) is 17.1 Å². The molecule has 8 rings (SSSR count). The topological polar surface area (TPSA) is 542 Å². The number of esters is 5. The summed E-state index contributed by atoms with van der Waals surface area (Å²) >= 11 is 28.6. The van der Waals surface area contributed by atoms with Crippen LogP contribution in [0.1, 0.15) is 152 Å². The van der Waals surface area contributed by atoms with Crippen LogP contribution in [0.2, 0.25) is 0 Å². The molecule has 5 aromatic carbocycles. The molecule has 38 nitrogen and oxygen atoms in total. The SMILES string of the molecule is C.C.C.C.CCO.CCO.CCOC(=O)CCC(=O)c1ccc(OCCF)c(OC)c1.CCOC(=O)CN.CNOC.COC(=O)c1ccc(O)c(OC)c1.COC(=O)c1ccc(OCCF)c(OC)c1.COC(=O)c1ccc(OCCF)c(OC)c1.COc1cc(C(=O)CCC(=O)O)ccc1OCCF.Cc1[nH]c(Br)nc1Br.Cc1c(Br)nc(Br)n1C.Cc1cnc[nH]1.ClCCl.FCCBr.[B]=NS.[K+].[Na+].[OH-].[OH-]. The number of methoxy groups -OCH3 is 8. The molecule has 0 aliphatic heterocycles. The Balaban J connectivity index is -0.0000000977. The van der Waals surface area contributed by atoms with Crippen molar-refractivity contribution in [1.82, 2.24) is 35.0 Å². The van der Waals surface area contributed by atoms with E-state index < -0.39 is 56.5 Å². The molecule has 0 saturated heterocycles. The number of aromatic amines is 2. The average molecular weight is 2470 g/mol. The number of aromatic nitrogens is 6. The third-order valence-corrected chi connectivity index (χ3v) is 16.9. The number of nitrogens with two attached hydrogens (primary N) is 1. The maximum Gasteiger partial charge on any atom is 1.00 e. The van der Waals surface area contributed by atoms with Gasteiger partial charge in [-0.1, -0.05) is 45.6 Å². The predicted molar refractivity (Wildman–Crippen MR) is 555 cm³/mol. The van der Waals surface area contributed by atoms with Crippen molar-refractivity contribution in [1.29, 1.82) is 0 Å². The zero-order chi connectivity index (χ0) is 105. The molecule has 0 saturated carbocycles. The second-order valence-electron chi connectivity index (χ2n) is 23.2. The number of carbonyl (C=O) groups is 8. The van der Waals surface area contributed by atoms with E-state index in [2.05, 4.69) is 159 Å². The molecule has 0 unspecified atom stereocenters. The van der Waals surface area contributed by atoms with E-state index >= 15 is 0 Å². The van der Waals surface area contributed by atoms with Crippen LogP contribution in [0.5, 0.6) is 57.5 Å². The molecule has 3 heterocycles. The normalized spacial score (nSPS) is 8.68. The van der Waals surface area contributed by atoms with E-state index in [-0.39, 0.29) is 235 Å². The number of halogens is 12. The van der Waals surface area contributed by atoms with E-state index in [4.69, 9.17) is 91.6 Å². The van der Waals surface area contributed by atoms with Gasteiger partial charge in [0.05, 0.1) is 132 Å². The number of ether oxygens (including phenoxy) is 14. The summed E-state index contributed by atoms with van der Waals surface area (Å²) in [6.45, 7) is 11.0. The first-order valence-corrected chi connectivity index (χ1v) is 44.9. The Kier molecular flexibility index (Phi) is 137. The van der Waals surface area contributed by atoms with E-state index in [1.807, 2.05) is 32.4 Å². The Morgan fingerprint density at radius 2 is 0.832 bits per heavy atom. The van der Waals surface area contributed by atoms with E-state index in [0.717, 1.165) is 35.8 Å². The Morgan fingerprint density at radius 3 is 1.03 bits per heavy atom. The number of imidazole rings is 3. The number of hydroxylamine groups is 1. The number of phenols is 1. The molecule has 0 spiro atoms. The first-order chi connectivity index (χ1) is 64.3. The Labute approximate surface area is 959 Å². The van der Waals surface area contributed by atoms with Crippen LogP contribution >= 0.6 is 116 Å². The molecule has 11 N–H and O–H groups in total. The molecule has 809 valence electrons. The number of H-pyrrole nitrogens is 2. The number of carboxylic acid groups (broad SMARTS) is 1. The van der Waals surface area contributed by atoms with Gasteiger partial charge in [0.2, 0.25) is 0 Å². The average Bonchev–Trinajstić information content (AvgIpc) is 1.79. The van der Waals surface area contributed by atoms with Gasteiger partial charge in [0.15, 0.2) is 78.5 Å². The number of aromatic hydroxyl groups is 1. The molecule has 0 fully saturated rings. The maximum absolute atomic E-state index is 12.1. The summed E-state index contributed by atoms with van der Waals surface area (Å²) in [5.74, 6) is -0.481. The molecule has 0 aliphatic rings. The number of aliphatic carboxylic acids is 1. The number of benzene rings is 5. The predicted octanol–water partition coefficient (Wildman–Crippen LogP) is 13.1. The number of carboxylic acids is 1. The van der Waals surface area contributed by atoms with Crippen molar-refractivity contribution >= 4 is 171 Å². The fraction of sp³-hybridized carbons (Fsp3) is 0.472. The van der Waals surface area contributed by atoms with Crippen molar-refractivity contribution in [3.63, 3.8) is 0 Å². The van der Waals surface area contributed by atoms with Crippen molar-refractivity contribution in [2.45, 2.75) is 104 Å². The van der Waals surface area contributed by atoms with Crippen molar-refractivity contribution in [3.05, 3.63) is 167 Å². The zero-order valence-electron chi connectivity index (χ0n) is 80.9. The number of thiol groups is 1. The number of phenolic OH excluding ortho intramolecular Hbond substituents is 1. The summed E-state index contributed by atoms with van der Waals surface area (Å²) in [5.41, 5.74) is 12.4. The van der Waals surface area contributed by atoms with E-state index in [0.29, 0.717) is 92.4 Å². The van der Waals surface area contributed by atoms with Crippen LogP contribution in [0.4, 0.5) is 22.0 Å². The van der Waals surface area contributed by atoms with E-state index in [9.17, 15) is 65.4 Å². The molecule has 1 radical (unpaired) electrons. The molecule has 54 heteroatoms. The smallest absolute Gasteiger partial charge is 0.870 e. The summed E-state index contributed by atoms with van der Waals surface area (Å²) in [7, 11) is 20.6. The van der Waals surface area contributed by atoms with Crippen molar-refractivity contribution < 1.29 is 244 Å². The van der Waals surface area contributed by atoms with E-state index in [1.54, 1.807) is 78.6 Å². The Hall–Kier alpha value is -6.91. The minimum Gasteiger partial charge on any atom is -0.870 e. The van der Waals surface area contributed by atoms with Gasteiger partial charge in [0, 0.05) is 79.9 Å². The van der Waals surface area contributed by atoms with Crippen LogP contribution in [-0.2, 0) is 50.0 Å². The molecule has 8 aromatic rings. The van der Waals surface area contributed by atoms with Gasteiger partial charge in [-0.25, -0.2) is 52.4 Å². The van der Waals surface area contributed by atoms with Crippen LogP contribution in [0.25, 0.3) is 0 Å². The van der Waals surface area contributed by atoms with Gasteiger partial charge in [-0.15, -0.1) is 23.2 Å². The minimum absolute atomic E-state index is 0. The number of aliphatic hydroxyl groups is 2. The second kappa shape index (κ2) is 115. The molecule has 3 aromatic heterocycles. The van der Waals surface area contributed by atoms with Gasteiger partial charge in [0.1, 0.15) is 62.3 Å². The molecular formula is C89H139BBr5Cl2F5KN9NaO29S. The fourth-order valence-electron chi connectivity index (χ4n) is 7.92. The maximum atomic E-state index is 12.1. The summed E-state index contributed by atoms with van der Waals surface area (Å²) in [6, 6.07) is 22.5. The number of carbonyl (C=O) groups excluding carboxylic acids is 7. The number of hydrogen-bond donors (Lipinski definition) is 9. The monoisotopic (exact) mass is 2460 g/mol. The van der Waals surface area contributed by atoms with Gasteiger partial charge in [-0.05, 0) is 203 Å². The summed E-state index contributed by atoms with van der Waals surface area (Å²) in [6.07, 6.45) is 3.24. The summed E-state index contributed by atoms with van der Waals surface area (Å²) < 4.78 is 135. The summed E-state index contributed by atoms with van der Waals surface area (Å²) in [4.78, 5) is 111. The number of hydrogen-bond acceptors (Lipinski definition) is 35. The quantitative estimate of drug-likeness (QED) is 0.00270. The third kappa shape index (κ3) is 87.8. The van der Waals surface area contributed by atoms with Crippen LogP contribution in [0.3, 0.4) is 0 Å². The molecule has 143 heavy (non-hydrogen) atoms. The number of alkyl halides is 8. The van der Waals surface area contributed by atoms with Crippen molar-refractivity contribution in [2.75, 3.05) is 174 Å². The standard InChI is InChI=1S/C15H19FO5.C13H15FO5.2C11H13FO4.C9H10O4.C5H6Br2N2.C4H4Br2N2.C4H6N2.C4H9NO2.C2H4BrF.C2H7NO.2C2H6O.CH2Cl2.4CH4.BHNS.K.Na.2H2O/c1-3-20-15(18)7-5-12(17)11-4-6-13(21-9-8-16)14(10-11)19-2;1-18-12-8-9(10(15)3-5-13(16)17)2-4-11(12)19-7-6-14;2*1-14-10-7-8(11(13)15-2)3-4-9(10)16-6-5-12;1-12-8-5-6(9(11)13-2)3-4-7(8)10;1-3-4(6)8-5(7)9(3)2;1-2-3(5)8-4(6)7-2;1-4-2-5-3-6-4;1-2-7-4(6)3-5;3-1-2-4;1-3-4-2;2*1-2-3;2-1-3;;;;;1-2-3;;;;/h4,6,10H,3,5,7-9H2,1-2H3;2,4,8H,3,5-7H2,1H3,(H,16,17);2*3-4,7H,5-6H2,1-2H3;3-5,10H,1-2H3;1-2H3;1H3,(H,7,8);2-3H,1H3,(H,5,6);2-3,5H2,1H3;1-2H2;3H,1-2H3;2*3H,2H2,1H3;1H2;4*1H4;3H;;;2*1H2/q;;;;;;;;;;;;;;;;;;;2*+1;;/p-2. The molecule has 0 amide bonds. The van der Waals surface area contributed by atoms with Crippen LogP contribution < -0.4 is 135 Å². The number of ketones is 2. The number of Topliss-reactive ketones (excluding diaryl/α,β-unsaturated/α-hetero) is 2. The van der Waals surface area contributed by atoms with E-state index in [1.165, 1.54) is 124 Å². The Bertz CT molecular complexity index is 4380. The van der Waals surface area contributed by atoms with Gasteiger partial charge in [-0.3, -0.25) is 28.4 Å². The Morgan fingerprint density at radius 1 is 0.531 bits per heavy atom. The fourth-order valence-corrected chi connectivity index (χ4v) is 10.0. The summed E-state index contributed by atoms with van der Waals surface area (Å²) in [5, 5.41) is 33.5. The first-order valence-electron chi connectivity index (χ1n) is 39.1. The number of nitrogens with one attached hydrogen (secondary N) is 3. The zero-order valence-corrected chi connectivity index (χ0v) is 96.4. The molecule has 0 bridgehead atoms. The van der Waals surface area contributed by atoms with Crippen LogP contribution in [-0.4, -0.2) is 290 Å². The van der Waals surface area contributed by atoms with Crippen LogP contribution in [0, 0.1) is 20.8 Å². The second-order valence-corrected chi connectivity index (χ2v) is 28.0. The largest absolute Gasteiger partial charge is 1.00 e. The van der Waals surface area contributed by atoms with Gasteiger partial charge in [0.25, 0.3) is 0 Å². The van der Waals surface area contributed by atoms with Crippen LogP contribution in [0.15, 0.2) is 126 Å². The molecule has 0 atom stereocenters. The number of aryl methyl sites for hydroxylation is 2. The number of aliphatic hydroxyl groups excluding tert-OH is 2. The van der Waals surface area contributed by atoms with Gasteiger partial charge < -0.3 is 123 Å². The van der Waals surface area contributed by atoms with Gasteiger partial charge in [-0.2, -0.15) is 0 Å².